The molecule has 1 aliphatic rings. The van der Waals surface area contributed by atoms with E-state index in [1.807, 2.05) is 32.0 Å². The van der Waals surface area contributed by atoms with Crippen LogP contribution in [0.2, 0.25) is 0 Å². The maximum absolute atomic E-state index is 12.4. The van der Waals surface area contributed by atoms with Crippen molar-refractivity contribution in [2.45, 2.75) is 26.7 Å². The number of hydrogen-bond acceptors (Lipinski definition) is 4. The average molecular weight is 440 g/mol. The number of nitrogens with zero attached hydrogens (tertiary/aromatic N) is 2. The van der Waals surface area contributed by atoms with Gasteiger partial charge in [0.2, 0.25) is 0 Å². The molecule has 1 aliphatic heterocycles. The number of benzene rings is 1. The zero-order valence-corrected chi connectivity index (χ0v) is 16.1. The first kappa shape index (κ1) is 18.6. The number of amides is 1. The molecule has 24 heavy (non-hydrogen) atoms. The van der Waals surface area contributed by atoms with Gasteiger partial charge in [0.05, 0.1) is 16.8 Å². The normalized spacial score (nSPS) is 14.4. The summed E-state index contributed by atoms with van der Waals surface area (Å²) in [5, 5.41) is 9.38. The van der Waals surface area contributed by atoms with E-state index in [2.05, 4.69) is 22.6 Å². The molecule has 1 aromatic rings. The van der Waals surface area contributed by atoms with Crippen LogP contribution in [0.4, 0.5) is 0 Å². The van der Waals surface area contributed by atoms with Crippen molar-refractivity contribution < 1.29 is 14.3 Å². The Labute approximate surface area is 156 Å². The highest BCUT2D eigenvalue weighted by Crippen LogP contribution is 2.35. The fourth-order valence-electron chi connectivity index (χ4n) is 2.62. The minimum Gasteiger partial charge on any atom is -0.490 e. The zero-order chi connectivity index (χ0) is 17.5. The number of ether oxygens (including phenoxy) is 2. The molecule has 6 heteroatoms. The summed E-state index contributed by atoms with van der Waals surface area (Å²) in [6.07, 6.45) is 3.63. The Morgan fingerprint density at radius 3 is 2.54 bits per heavy atom. The molecule has 0 unspecified atom stereocenters. The van der Waals surface area contributed by atoms with E-state index >= 15 is 0 Å². The lowest BCUT2D eigenvalue weighted by atomic mass is 10.1. The van der Waals surface area contributed by atoms with Gasteiger partial charge in [-0.1, -0.05) is 0 Å². The Bertz CT molecular complexity index is 674. The van der Waals surface area contributed by atoms with Gasteiger partial charge >= 0.3 is 0 Å². The van der Waals surface area contributed by atoms with Gasteiger partial charge in [-0.25, -0.2) is 0 Å². The third-order valence-corrected chi connectivity index (χ3v) is 4.48. The predicted molar refractivity (Wildman–Crippen MR) is 101 cm³/mol. The zero-order valence-electron chi connectivity index (χ0n) is 14.0. The maximum Gasteiger partial charge on any atom is 0.264 e. The molecule has 0 aliphatic carbocycles. The molecule has 2 rings (SSSR count). The van der Waals surface area contributed by atoms with Crippen LogP contribution in [-0.4, -0.2) is 37.1 Å². The molecule has 0 atom stereocenters. The van der Waals surface area contributed by atoms with E-state index in [1.54, 1.807) is 11.0 Å². The van der Waals surface area contributed by atoms with Gasteiger partial charge in [-0.2, -0.15) is 5.26 Å². The summed E-state index contributed by atoms with van der Waals surface area (Å²) in [7, 11) is 0. The summed E-state index contributed by atoms with van der Waals surface area (Å²) < 4.78 is 12.2. The summed E-state index contributed by atoms with van der Waals surface area (Å²) in [4.78, 5) is 14.2. The van der Waals surface area contributed by atoms with Crippen LogP contribution in [0.25, 0.3) is 6.08 Å². The summed E-state index contributed by atoms with van der Waals surface area (Å²) in [5.74, 6) is 1.13. The Balaban J connectivity index is 2.35. The van der Waals surface area contributed by atoms with Crippen molar-refractivity contribution in [3.8, 4) is 17.6 Å². The highest BCUT2D eigenvalue weighted by Gasteiger charge is 2.21. The number of hydrogen-bond donors (Lipinski definition) is 0. The molecule has 0 radical (unpaired) electrons. The van der Waals surface area contributed by atoms with Crippen molar-refractivity contribution >= 4 is 34.6 Å². The van der Waals surface area contributed by atoms with E-state index in [0.29, 0.717) is 24.7 Å². The number of carbonyl (C=O) groups excluding carboxylic acids is 1. The summed E-state index contributed by atoms with van der Waals surface area (Å²) in [6.45, 7) is 6.33. The van der Waals surface area contributed by atoms with Crippen molar-refractivity contribution in [1.82, 2.24) is 4.90 Å². The van der Waals surface area contributed by atoms with Gasteiger partial charge < -0.3 is 14.4 Å². The lowest BCUT2D eigenvalue weighted by molar-refractivity contribution is -0.125. The molecule has 1 aromatic carbocycles. The smallest absolute Gasteiger partial charge is 0.264 e. The maximum atomic E-state index is 12.4. The number of halogens is 1. The van der Waals surface area contributed by atoms with Crippen molar-refractivity contribution in [1.29, 1.82) is 5.26 Å². The van der Waals surface area contributed by atoms with Crippen molar-refractivity contribution in [2.24, 2.45) is 0 Å². The van der Waals surface area contributed by atoms with Gasteiger partial charge in [0.1, 0.15) is 11.6 Å². The van der Waals surface area contributed by atoms with Gasteiger partial charge in [-0.3, -0.25) is 4.79 Å². The molecule has 1 heterocycles. The monoisotopic (exact) mass is 440 g/mol. The van der Waals surface area contributed by atoms with E-state index in [1.165, 1.54) is 0 Å². The molecule has 0 N–H and O–H groups in total. The van der Waals surface area contributed by atoms with E-state index in [4.69, 9.17) is 9.47 Å². The minimum absolute atomic E-state index is 0.152. The molecule has 5 nitrogen and oxygen atoms in total. The second-order valence-electron chi connectivity index (χ2n) is 5.37. The molecule has 1 fully saturated rings. The van der Waals surface area contributed by atoms with Gasteiger partial charge in [0.15, 0.2) is 11.5 Å². The van der Waals surface area contributed by atoms with Gasteiger partial charge in [0, 0.05) is 13.1 Å². The molecule has 128 valence electrons. The van der Waals surface area contributed by atoms with E-state index in [0.717, 1.165) is 35.1 Å². The molecule has 1 amide bonds. The van der Waals surface area contributed by atoms with Gasteiger partial charge in [-0.15, -0.1) is 0 Å². The van der Waals surface area contributed by atoms with Crippen molar-refractivity contribution in [3.05, 3.63) is 26.8 Å². The molecular weight excluding hydrogens is 419 g/mol. The fourth-order valence-corrected chi connectivity index (χ4v) is 3.40. The highest BCUT2D eigenvalue weighted by molar-refractivity contribution is 14.1. The van der Waals surface area contributed by atoms with Crippen LogP contribution in [0.1, 0.15) is 32.3 Å². The van der Waals surface area contributed by atoms with Crippen LogP contribution in [0.15, 0.2) is 17.7 Å². The van der Waals surface area contributed by atoms with Crippen molar-refractivity contribution in [2.75, 3.05) is 26.3 Å². The molecule has 0 aromatic heterocycles. The van der Waals surface area contributed by atoms with Crippen LogP contribution < -0.4 is 9.47 Å². The highest BCUT2D eigenvalue weighted by atomic mass is 127. The van der Waals surface area contributed by atoms with Crippen LogP contribution in [0.3, 0.4) is 0 Å². The topological polar surface area (TPSA) is 62.6 Å². The van der Waals surface area contributed by atoms with E-state index < -0.39 is 0 Å². The standard InChI is InChI=1S/C18H21IN2O3/c1-3-23-16-11-13(10-15(19)17(16)24-4-2)9-14(12-20)18(22)21-7-5-6-8-21/h9-11H,3-8H2,1-2H3/b14-9+. The van der Waals surface area contributed by atoms with Crippen molar-refractivity contribution in [3.63, 3.8) is 0 Å². The summed E-state index contributed by atoms with van der Waals surface area (Å²) >= 11 is 2.18. The third-order valence-electron chi connectivity index (χ3n) is 3.68. The van der Waals surface area contributed by atoms with Crippen LogP contribution in [0.5, 0.6) is 11.5 Å². The SMILES string of the molecule is CCOc1cc(/C=C(\C#N)C(=O)N2CCCC2)cc(I)c1OCC. The third kappa shape index (κ3) is 4.41. The first-order valence-corrected chi connectivity index (χ1v) is 9.18. The minimum atomic E-state index is -0.197. The van der Waals surface area contributed by atoms with E-state index in [9.17, 15) is 10.1 Å². The molecule has 0 bridgehead atoms. The lowest BCUT2D eigenvalue weighted by Gasteiger charge is -2.15. The van der Waals surface area contributed by atoms with Crippen LogP contribution in [-0.2, 0) is 4.79 Å². The summed E-state index contributed by atoms with van der Waals surface area (Å²) in [5.41, 5.74) is 0.912. The molecule has 0 spiro atoms. The van der Waals surface area contributed by atoms with Gasteiger partial charge in [0.25, 0.3) is 5.91 Å². The first-order chi connectivity index (χ1) is 11.6. The predicted octanol–water partition coefficient (Wildman–Crippen LogP) is 3.62. The first-order valence-electron chi connectivity index (χ1n) is 8.10. The van der Waals surface area contributed by atoms with E-state index in [-0.39, 0.29) is 11.5 Å². The molecule has 0 saturated carbocycles. The summed E-state index contributed by atoms with van der Waals surface area (Å²) in [6, 6.07) is 5.74. The quantitative estimate of drug-likeness (QED) is 0.385. The lowest BCUT2D eigenvalue weighted by Crippen LogP contribution is -2.28. The number of rotatable bonds is 6. The molecular formula is C18H21IN2O3. The fraction of sp³-hybridized carbons (Fsp3) is 0.444. The van der Waals surface area contributed by atoms with Crippen LogP contribution >= 0.6 is 22.6 Å². The largest absolute Gasteiger partial charge is 0.490 e. The number of nitriles is 1. The second-order valence-corrected chi connectivity index (χ2v) is 6.53. The Morgan fingerprint density at radius 2 is 1.96 bits per heavy atom. The molecule has 1 saturated heterocycles. The number of carbonyl (C=O) groups is 1. The van der Waals surface area contributed by atoms with Crippen LogP contribution in [0, 0.1) is 14.9 Å². The average Bonchev–Trinajstić information content (AvgIpc) is 3.10. The number of likely N-dealkylation sites (tertiary alicyclic amines) is 1. The Hall–Kier alpha value is -1.75. The van der Waals surface area contributed by atoms with Gasteiger partial charge in [-0.05, 0) is 73.1 Å². The Morgan fingerprint density at radius 1 is 1.29 bits per heavy atom. The Kier molecular flexibility index (Phi) is 6.91. The second kappa shape index (κ2) is 8.92.